The molecule has 3 aromatic rings. The number of ether oxygens (including phenoxy) is 1. The van der Waals surface area contributed by atoms with Crippen molar-refractivity contribution in [1.82, 2.24) is 9.97 Å². The Balaban J connectivity index is 1.80. The van der Waals surface area contributed by atoms with Crippen molar-refractivity contribution >= 4 is 56.8 Å². The van der Waals surface area contributed by atoms with Gasteiger partial charge in [0.05, 0.1) is 26.8 Å². The number of aryl methyl sites for hydroxylation is 3. The van der Waals surface area contributed by atoms with Crippen LogP contribution in [-0.2, 0) is 9.53 Å². The Kier molecular flexibility index (Phi) is 6.28. The number of rotatable bonds is 7. The molecular weight excluding hydrogens is 482 g/mol. The number of carbonyl (C=O) groups excluding carboxylic acids is 3. The summed E-state index contributed by atoms with van der Waals surface area (Å²) >= 11 is 3.53. The van der Waals surface area contributed by atoms with Crippen LogP contribution in [0.4, 0.5) is 5.13 Å². The Hall–Kier alpha value is -3.15. The summed E-state index contributed by atoms with van der Waals surface area (Å²) in [6.07, 6.45) is 1.45. The van der Waals surface area contributed by atoms with Gasteiger partial charge < -0.3 is 9.84 Å². The highest BCUT2D eigenvalue weighted by Crippen LogP contribution is 2.45. The molecule has 0 aromatic carbocycles. The lowest BCUT2D eigenvalue weighted by molar-refractivity contribution is -0.117. The largest absolute Gasteiger partial charge is 0.503 e. The Bertz CT molecular complexity index is 1300. The summed E-state index contributed by atoms with van der Waals surface area (Å²) in [5, 5.41) is 13.5. The summed E-state index contributed by atoms with van der Waals surface area (Å²) in [7, 11) is 0. The molecule has 0 saturated carbocycles. The molecule has 1 atom stereocenters. The predicted molar refractivity (Wildman–Crippen MR) is 127 cm³/mol. The number of aromatic nitrogens is 2. The molecule has 1 aliphatic heterocycles. The number of thiophene rings is 1. The lowest BCUT2D eigenvalue weighted by Crippen LogP contribution is -2.30. The lowest BCUT2D eigenvalue weighted by atomic mass is 10.0. The monoisotopic (exact) mass is 501 g/mol. The molecule has 4 rings (SSSR count). The molecule has 8 nitrogen and oxygen atoms in total. The molecule has 1 unspecified atom stereocenters. The normalized spacial score (nSPS) is 15.9. The first-order valence-electron chi connectivity index (χ1n) is 9.78. The third kappa shape index (κ3) is 4.03. The van der Waals surface area contributed by atoms with Gasteiger partial charge in [-0.1, -0.05) is 30.1 Å². The highest BCUT2D eigenvalue weighted by molar-refractivity contribution is 7.18. The van der Waals surface area contributed by atoms with E-state index in [9.17, 15) is 19.5 Å². The zero-order valence-corrected chi connectivity index (χ0v) is 20.4. The van der Waals surface area contributed by atoms with Crippen LogP contribution < -0.4 is 4.90 Å². The molecule has 0 radical (unpaired) electrons. The maximum atomic E-state index is 13.5. The van der Waals surface area contributed by atoms with Crippen molar-refractivity contribution in [3.63, 3.8) is 0 Å². The lowest BCUT2D eigenvalue weighted by Gasteiger charge is -2.23. The van der Waals surface area contributed by atoms with Gasteiger partial charge in [0.25, 0.3) is 5.91 Å². The summed E-state index contributed by atoms with van der Waals surface area (Å²) in [6, 6.07) is 2.70. The average Bonchev–Trinajstić information content (AvgIpc) is 3.54. The first-order chi connectivity index (χ1) is 15.7. The van der Waals surface area contributed by atoms with E-state index in [0.717, 1.165) is 11.3 Å². The smallest absolute Gasteiger partial charge is 0.350 e. The first kappa shape index (κ1) is 23.0. The fourth-order valence-corrected chi connectivity index (χ4v) is 6.17. The second-order valence-corrected chi connectivity index (χ2v) is 10.3. The minimum atomic E-state index is -0.880. The van der Waals surface area contributed by atoms with Crippen molar-refractivity contribution < 1.29 is 24.2 Å². The van der Waals surface area contributed by atoms with E-state index in [1.165, 1.54) is 33.6 Å². The number of thiazole rings is 2. The number of anilines is 1. The fraction of sp³-hybridized carbons (Fsp3) is 0.227. The van der Waals surface area contributed by atoms with Crippen LogP contribution in [0.3, 0.4) is 0 Å². The number of esters is 1. The van der Waals surface area contributed by atoms with Gasteiger partial charge in [-0.15, -0.1) is 22.7 Å². The summed E-state index contributed by atoms with van der Waals surface area (Å²) in [6.45, 7) is 8.70. The van der Waals surface area contributed by atoms with Crippen molar-refractivity contribution in [1.29, 1.82) is 0 Å². The molecule has 4 heterocycles. The number of aliphatic hydroxyl groups is 1. The summed E-state index contributed by atoms with van der Waals surface area (Å²) in [5.41, 5.74) is 0.892. The van der Waals surface area contributed by atoms with E-state index in [1.807, 2.05) is 5.38 Å². The van der Waals surface area contributed by atoms with Crippen LogP contribution in [0.5, 0.6) is 0 Å². The third-order valence-electron chi connectivity index (χ3n) is 4.88. The Morgan fingerprint density at radius 3 is 2.55 bits per heavy atom. The number of Topliss-reactive ketones (excluding diaryl/α,β-unsaturated/α-hetero) is 1. The molecule has 0 fully saturated rings. The number of hydrogen-bond donors (Lipinski definition) is 1. The molecule has 1 N–H and O–H groups in total. The van der Waals surface area contributed by atoms with Crippen molar-refractivity contribution in [2.24, 2.45) is 0 Å². The number of aliphatic hydroxyl groups excluding tert-OH is 1. The molecule has 0 spiro atoms. The van der Waals surface area contributed by atoms with Crippen LogP contribution in [0.2, 0.25) is 0 Å². The van der Waals surface area contributed by atoms with Gasteiger partial charge in [-0.3, -0.25) is 14.5 Å². The minimum Gasteiger partial charge on any atom is -0.503 e. The van der Waals surface area contributed by atoms with E-state index in [0.29, 0.717) is 26.1 Å². The van der Waals surface area contributed by atoms with Gasteiger partial charge in [-0.2, -0.15) is 0 Å². The minimum absolute atomic E-state index is 0.0298. The highest BCUT2D eigenvalue weighted by atomic mass is 32.1. The van der Waals surface area contributed by atoms with Crippen LogP contribution in [0.25, 0.3) is 0 Å². The summed E-state index contributed by atoms with van der Waals surface area (Å²) in [4.78, 5) is 50.3. The van der Waals surface area contributed by atoms with Crippen molar-refractivity contribution in [2.75, 3.05) is 11.5 Å². The second-order valence-electron chi connectivity index (χ2n) is 7.13. The molecule has 11 heteroatoms. The van der Waals surface area contributed by atoms with E-state index in [2.05, 4.69) is 16.5 Å². The summed E-state index contributed by atoms with van der Waals surface area (Å²) < 4.78 is 5.11. The molecule has 1 aliphatic rings. The molecular formula is C22H19N3O5S3. The number of carbonyl (C=O) groups is 3. The zero-order chi connectivity index (χ0) is 23.9. The maximum absolute atomic E-state index is 13.5. The Morgan fingerprint density at radius 1 is 1.21 bits per heavy atom. The number of hydrogen-bond acceptors (Lipinski definition) is 10. The number of ketones is 1. The van der Waals surface area contributed by atoms with Gasteiger partial charge in [0.15, 0.2) is 10.9 Å². The van der Waals surface area contributed by atoms with E-state index in [1.54, 1.807) is 32.9 Å². The molecule has 0 bridgehead atoms. The average molecular weight is 502 g/mol. The zero-order valence-electron chi connectivity index (χ0n) is 17.9. The quantitative estimate of drug-likeness (QED) is 0.284. The third-order valence-corrected chi connectivity index (χ3v) is 8.02. The van der Waals surface area contributed by atoms with Crippen molar-refractivity contribution in [2.45, 2.75) is 26.8 Å². The Morgan fingerprint density at radius 2 is 1.94 bits per heavy atom. The van der Waals surface area contributed by atoms with Crippen LogP contribution in [0.1, 0.15) is 46.7 Å². The fourth-order valence-electron chi connectivity index (χ4n) is 3.49. The number of amides is 1. The van der Waals surface area contributed by atoms with Crippen molar-refractivity contribution in [3.8, 4) is 0 Å². The molecule has 1 amide bonds. The molecule has 33 heavy (non-hydrogen) atoms. The van der Waals surface area contributed by atoms with Crippen LogP contribution in [0.15, 0.2) is 41.5 Å². The Labute approximate surface area is 201 Å². The van der Waals surface area contributed by atoms with Crippen LogP contribution in [-0.4, -0.2) is 39.3 Å². The summed E-state index contributed by atoms with van der Waals surface area (Å²) in [5.74, 6) is -2.42. The highest BCUT2D eigenvalue weighted by Gasteiger charge is 2.47. The van der Waals surface area contributed by atoms with Gasteiger partial charge >= 0.3 is 5.97 Å². The topological polar surface area (TPSA) is 110 Å². The van der Waals surface area contributed by atoms with E-state index in [-0.39, 0.29) is 22.2 Å². The van der Waals surface area contributed by atoms with E-state index < -0.39 is 29.5 Å². The van der Waals surface area contributed by atoms with Crippen LogP contribution in [0, 0.1) is 20.8 Å². The van der Waals surface area contributed by atoms with E-state index in [4.69, 9.17) is 4.74 Å². The van der Waals surface area contributed by atoms with Crippen molar-refractivity contribution in [3.05, 3.63) is 72.5 Å². The molecule has 0 aliphatic carbocycles. The molecule has 3 aromatic heterocycles. The van der Waals surface area contributed by atoms with Gasteiger partial charge in [-0.25, -0.2) is 14.8 Å². The molecule has 170 valence electrons. The first-order valence-corrected chi connectivity index (χ1v) is 12.3. The standard InChI is InChI=1S/C22H19N3O5S3/c1-5-8-30-21(29)19-11(3)24-22(33-19)25-15(13-7-6-9-31-13)14(17(27)20(25)28)16(26)18-10(2)23-12(4)32-18/h5-7,9,15,27H,1,8H2,2-4H3. The maximum Gasteiger partial charge on any atom is 0.350 e. The van der Waals surface area contributed by atoms with Crippen LogP contribution >= 0.6 is 34.0 Å². The predicted octanol–water partition coefficient (Wildman–Crippen LogP) is 4.71. The van der Waals surface area contributed by atoms with Gasteiger partial charge in [0.2, 0.25) is 5.78 Å². The molecule has 0 saturated heterocycles. The van der Waals surface area contributed by atoms with Gasteiger partial charge in [0, 0.05) is 4.88 Å². The van der Waals surface area contributed by atoms with Gasteiger partial charge in [0.1, 0.15) is 17.5 Å². The number of nitrogens with zero attached hydrogens (tertiary/aromatic N) is 3. The second kappa shape index (κ2) is 9.00. The van der Waals surface area contributed by atoms with E-state index >= 15 is 0 Å². The SMILES string of the molecule is C=CCOC(=O)c1sc(N2C(=O)C(O)=C(C(=O)c3sc(C)nc3C)C2c2cccs2)nc1C. The van der Waals surface area contributed by atoms with Gasteiger partial charge in [-0.05, 0) is 32.2 Å².